The number of anilines is 1. The Hall–Kier alpha value is -1.21. The summed E-state index contributed by atoms with van der Waals surface area (Å²) >= 11 is 5.32. The van der Waals surface area contributed by atoms with Crippen molar-refractivity contribution < 1.29 is 4.79 Å². The molecule has 3 rings (SSSR count). The van der Waals surface area contributed by atoms with Gasteiger partial charge in [0.1, 0.15) is 0 Å². The van der Waals surface area contributed by atoms with Gasteiger partial charge in [0.15, 0.2) is 0 Å². The highest BCUT2D eigenvalue weighted by Crippen LogP contribution is 2.24. The van der Waals surface area contributed by atoms with Crippen LogP contribution in [0.4, 0.5) is 5.69 Å². The maximum absolute atomic E-state index is 12.7. The summed E-state index contributed by atoms with van der Waals surface area (Å²) < 4.78 is 1.18. The van der Waals surface area contributed by atoms with Crippen molar-refractivity contribution >= 4 is 38.9 Å². The van der Waals surface area contributed by atoms with E-state index in [1.807, 2.05) is 26.8 Å². The maximum atomic E-state index is 12.7. The highest BCUT2D eigenvalue weighted by molar-refractivity contribution is 9.11. The molecule has 0 aliphatic carbocycles. The molecular formula is C20H26BrN3OS. The van der Waals surface area contributed by atoms with Crippen molar-refractivity contribution in [3.63, 3.8) is 0 Å². The number of halogens is 1. The quantitative estimate of drug-likeness (QED) is 0.761. The Morgan fingerprint density at radius 1 is 1.19 bits per heavy atom. The average Bonchev–Trinajstić information content (AvgIpc) is 3.03. The summed E-state index contributed by atoms with van der Waals surface area (Å²) in [6.45, 7) is 10.9. The monoisotopic (exact) mass is 435 g/mol. The Morgan fingerprint density at radius 3 is 2.58 bits per heavy atom. The third kappa shape index (κ3) is 4.94. The van der Waals surface area contributed by atoms with Crippen LogP contribution in [0.1, 0.15) is 22.9 Å². The molecule has 1 fully saturated rings. The van der Waals surface area contributed by atoms with Gasteiger partial charge in [-0.15, -0.1) is 11.3 Å². The third-order valence-corrected chi connectivity index (χ3v) is 6.60. The Morgan fingerprint density at radius 2 is 1.92 bits per heavy atom. The fourth-order valence-electron chi connectivity index (χ4n) is 3.24. The number of amides is 1. The predicted molar refractivity (Wildman–Crippen MR) is 113 cm³/mol. The molecular weight excluding hydrogens is 410 g/mol. The minimum Gasteiger partial charge on any atom is -0.324 e. The zero-order valence-corrected chi connectivity index (χ0v) is 18.0. The molecule has 140 valence electrons. The Bertz CT molecular complexity index is 768. The molecule has 1 amide bonds. The molecule has 0 spiro atoms. The summed E-state index contributed by atoms with van der Waals surface area (Å²) in [6, 6.07) is 10.3. The van der Waals surface area contributed by atoms with Gasteiger partial charge in [-0.1, -0.05) is 12.1 Å². The summed E-state index contributed by atoms with van der Waals surface area (Å²) in [5.74, 6) is 0.0781. The van der Waals surface area contributed by atoms with Crippen molar-refractivity contribution in [2.45, 2.75) is 33.4 Å². The van der Waals surface area contributed by atoms with Crippen LogP contribution in [0.2, 0.25) is 0 Å². The molecule has 1 N–H and O–H groups in total. The number of nitrogens with zero attached hydrogens (tertiary/aromatic N) is 2. The van der Waals surface area contributed by atoms with Crippen LogP contribution in [-0.2, 0) is 11.3 Å². The molecule has 1 aromatic heterocycles. The van der Waals surface area contributed by atoms with Crippen LogP contribution in [0.15, 0.2) is 34.1 Å². The molecule has 0 bridgehead atoms. The number of hydrogen-bond donors (Lipinski definition) is 1. The first-order chi connectivity index (χ1) is 12.4. The lowest BCUT2D eigenvalue weighted by Gasteiger charge is -2.37. The molecule has 2 aromatic rings. The number of nitrogens with one attached hydrogen (secondary N) is 1. The van der Waals surface area contributed by atoms with E-state index in [0.717, 1.165) is 49.5 Å². The lowest BCUT2D eigenvalue weighted by Crippen LogP contribution is -2.52. The molecule has 1 atom stereocenters. The van der Waals surface area contributed by atoms with Crippen LogP contribution >= 0.6 is 27.3 Å². The van der Waals surface area contributed by atoms with Crippen molar-refractivity contribution in [3.05, 3.63) is 50.1 Å². The Labute approximate surface area is 168 Å². The number of benzene rings is 1. The first kappa shape index (κ1) is 19.5. The fraction of sp³-hybridized carbons (Fsp3) is 0.450. The van der Waals surface area contributed by atoms with E-state index in [0.29, 0.717) is 0 Å². The van der Waals surface area contributed by atoms with E-state index in [1.165, 1.54) is 8.66 Å². The summed E-state index contributed by atoms with van der Waals surface area (Å²) in [7, 11) is 0. The van der Waals surface area contributed by atoms with Gasteiger partial charge in [0.2, 0.25) is 5.91 Å². The van der Waals surface area contributed by atoms with Crippen LogP contribution in [0, 0.1) is 13.8 Å². The summed E-state index contributed by atoms with van der Waals surface area (Å²) in [6.07, 6.45) is 0. The van der Waals surface area contributed by atoms with Crippen molar-refractivity contribution in [1.82, 2.24) is 9.80 Å². The van der Waals surface area contributed by atoms with Crippen LogP contribution in [0.25, 0.3) is 0 Å². The van der Waals surface area contributed by atoms with Crippen molar-refractivity contribution in [2.24, 2.45) is 0 Å². The van der Waals surface area contributed by atoms with E-state index < -0.39 is 0 Å². The third-order valence-electron chi connectivity index (χ3n) is 4.99. The second kappa shape index (κ2) is 8.65. The molecule has 0 saturated carbocycles. The van der Waals surface area contributed by atoms with Gasteiger partial charge in [0.25, 0.3) is 0 Å². The van der Waals surface area contributed by atoms with Crippen molar-refractivity contribution in [1.29, 1.82) is 0 Å². The van der Waals surface area contributed by atoms with Crippen LogP contribution in [0.3, 0.4) is 0 Å². The molecule has 26 heavy (non-hydrogen) atoms. The first-order valence-corrected chi connectivity index (χ1v) is 10.6. The smallest absolute Gasteiger partial charge is 0.241 e. The van der Waals surface area contributed by atoms with Crippen LogP contribution < -0.4 is 5.32 Å². The number of carbonyl (C=O) groups is 1. The molecule has 1 saturated heterocycles. The Balaban J connectivity index is 1.51. The molecule has 0 unspecified atom stereocenters. The summed E-state index contributed by atoms with van der Waals surface area (Å²) in [5.41, 5.74) is 3.18. The predicted octanol–water partition coefficient (Wildman–Crippen LogP) is 4.27. The number of carbonyl (C=O) groups excluding carboxylic acids is 1. The zero-order valence-electron chi connectivity index (χ0n) is 15.6. The number of aryl methyl sites for hydroxylation is 2. The minimum atomic E-state index is -0.118. The topological polar surface area (TPSA) is 35.6 Å². The van der Waals surface area contributed by atoms with E-state index in [-0.39, 0.29) is 11.9 Å². The number of hydrogen-bond acceptors (Lipinski definition) is 4. The van der Waals surface area contributed by atoms with Gasteiger partial charge in [-0.25, -0.2) is 0 Å². The second-order valence-corrected chi connectivity index (χ2v) is 9.55. The number of piperazine rings is 1. The van der Waals surface area contributed by atoms with Gasteiger partial charge in [0, 0.05) is 43.3 Å². The van der Waals surface area contributed by atoms with Gasteiger partial charge in [0.05, 0.1) is 9.83 Å². The Kier molecular flexibility index (Phi) is 6.51. The van der Waals surface area contributed by atoms with E-state index in [4.69, 9.17) is 0 Å². The number of rotatable bonds is 5. The summed E-state index contributed by atoms with van der Waals surface area (Å²) in [4.78, 5) is 18.8. The minimum absolute atomic E-state index is 0.0781. The van der Waals surface area contributed by atoms with Gasteiger partial charge in [-0.2, -0.15) is 0 Å². The lowest BCUT2D eigenvalue weighted by molar-refractivity contribution is -0.121. The maximum Gasteiger partial charge on any atom is 0.241 e. The molecule has 4 nitrogen and oxygen atoms in total. The summed E-state index contributed by atoms with van der Waals surface area (Å²) in [5, 5.41) is 3.10. The van der Waals surface area contributed by atoms with E-state index in [2.05, 4.69) is 55.3 Å². The molecule has 1 aliphatic heterocycles. The van der Waals surface area contributed by atoms with Crippen molar-refractivity contribution in [3.8, 4) is 0 Å². The van der Waals surface area contributed by atoms with Crippen LogP contribution in [0.5, 0.6) is 0 Å². The second-order valence-electron chi connectivity index (χ2n) is 7.00. The molecule has 1 aromatic carbocycles. The van der Waals surface area contributed by atoms with E-state index in [9.17, 15) is 4.79 Å². The SMILES string of the molecule is Cc1ccc(C)c(NC(=O)[C@H](C)N2CCN(Cc3ccc(Br)s3)CC2)c1. The number of thiophene rings is 1. The molecule has 0 radical (unpaired) electrons. The molecule has 6 heteroatoms. The molecule has 1 aliphatic rings. The normalized spacial score (nSPS) is 17.2. The zero-order chi connectivity index (χ0) is 18.7. The average molecular weight is 436 g/mol. The lowest BCUT2D eigenvalue weighted by atomic mass is 10.1. The highest BCUT2D eigenvalue weighted by Gasteiger charge is 2.26. The van der Waals surface area contributed by atoms with Gasteiger partial charge in [-0.3, -0.25) is 14.6 Å². The molecule has 2 heterocycles. The van der Waals surface area contributed by atoms with Crippen molar-refractivity contribution in [2.75, 3.05) is 31.5 Å². The van der Waals surface area contributed by atoms with Gasteiger partial charge >= 0.3 is 0 Å². The highest BCUT2D eigenvalue weighted by atomic mass is 79.9. The fourth-order valence-corrected chi connectivity index (χ4v) is 4.77. The van der Waals surface area contributed by atoms with E-state index >= 15 is 0 Å². The van der Waals surface area contributed by atoms with Gasteiger partial charge in [-0.05, 0) is 66.0 Å². The largest absolute Gasteiger partial charge is 0.324 e. The van der Waals surface area contributed by atoms with E-state index in [1.54, 1.807) is 11.3 Å². The standard InChI is InChI=1S/C20H26BrN3OS/c1-14-4-5-15(2)18(12-14)22-20(25)16(3)24-10-8-23(9-11-24)13-17-6-7-19(21)26-17/h4-7,12,16H,8-11,13H2,1-3H3,(H,22,25)/t16-/m0/s1. The van der Waals surface area contributed by atoms with Gasteiger partial charge < -0.3 is 5.32 Å². The van der Waals surface area contributed by atoms with Crippen LogP contribution in [-0.4, -0.2) is 47.9 Å². The first-order valence-electron chi connectivity index (χ1n) is 9.01.